The lowest BCUT2D eigenvalue weighted by molar-refractivity contribution is -0.123. The van der Waals surface area contributed by atoms with E-state index in [0.717, 1.165) is 12.8 Å². The van der Waals surface area contributed by atoms with Crippen molar-refractivity contribution in [3.63, 3.8) is 0 Å². The Balaban J connectivity index is 1.80. The van der Waals surface area contributed by atoms with Gasteiger partial charge in [-0.15, -0.1) is 0 Å². The minimum atomic E-state index is -0.203. The van der Waals surface area contributed by atoms with Crippen LogP contribution in [0.1, 0.15) is 38.2 Å². The van der Waals surface area contributed by atoms with Crippen LogP contribution in [0.25, 0.3) is 0 Å². The van der Waals surface area contributed by atoms with E-state index >= 15 is 0 Å². The predicted octanol–water partition coefficient (Wildman–Crippen LogP) is 2.11. The third-order valence-electron chi connectivity index (χ3n) is 3.69. The molecule has 0 aromatic carbocycles. The molecule has 5 nitrogen and oxygen atoms in total. The van der Waals surface area contributed by atoms with Gasteiger partial charge in [0, 0.05) is 11.8 Å². The van der Waals surface area contributed by atoms with Crippen molar-refractivity contribution in [1.82, 2.24) is 4.98 Å². The lowest BCUT2D eigenvalue weighted by Gasteiger charge is -2.26. The SMILES string of the molecule is CC1CCCC(OCC(=O)Nc2cnccc2CO)C1. The van der Waals surface area contributed by atoms with E-state index < -0.39 is 0 Å². The second-order valence-corrected chi connectivity index (χ2v) is 5.44. The summed E-state index contributed by atoms with van der Waals surface area (Å²) in [6, 6.07) is 1.68. The fraction of sp³-hybridized carbons (Fsp3) is 0.600. The number of carbonyl (C=O) groups is 1. The molecule has 1 amide bonds. The van der Waals surface area contributed by atoms with Crippen LogP contribution in [0.15, 0.2) is 18.5 Å². The van der Waals surface area contributed by atoms with Crippen molar-refractivity contribution in [1.29, 1.82) is 0 Å². The van der Waals surface area contributed by atoms with Crippen molar-refractivity contribution in [3.8, 4) is 0 Å². The third kappa shape index (κ3) is 4.28. The number of hydrogen-bond acceptors (Lipinski definition) is 4. The highest BCUT2D eigenvalue weighted by Crippen LogP contribution is 2.25. The van der Waals surface area contributed by atoms with Gasteiger partial charge >= 0.3 is 0 Å². The summed E-state index contributed by atoms with van der Waals surface area (Å²) >= 11 is 0. The molecule has 2 unspecified atom stereocenters. The zero-order valence-corrected chi connectivity index (χ0v) is 11.8. The van der Waals surface area contributed by atoms with Crippen LogP contribution in [0.5, 0.6) is 0 Å². The molecule has 1 aromatic heterocycles. The van der Waals surface area contributed by atoms with Crippen LogP contribution >= 0.6 is 0 Å². The van der Waals surface area contributed by atoms with Crippen molar-refractivity contribution in [2.45, 2.75) is 45.3 Å². The van der Waals surface area contributed by atoms with Crippen molar-refractivity contribution in [2.75, 3.05) is 11.9 Å². The van der Waals surface area contributed by atoms with Crippen LogP contribution in [-0.4, -0.2) is 28.7 Å². The van der Waals surface area contributed by atoms with Gasteiger partial charge in [-0.3, -0.25) is 9.78 Å². The van der Waals surface area contributed by atoms with E-state index in [9.17, 15) is 9.90 Å². The molecule has 0 bridgehead atoms. The summed E-state index contributed by atoms with van der Waals surface area (Å²) < 4.78 is 5.67. The standard InChI is InChI=1S/C15H22N2O3/c1-11-3-2-4-13(7-11)20-10-15(19)17-14-8-16-6-5-12(14)9-18/h5-6,8,11,13,18H,2-4,7,9-10H2,1H3,(H,17,19). The topological polar surface area (TPSA) is 71.5 Å². The first kappa shape index (κ1) is 14.9. The normalized spacial score (nSPS) is 22.5. The second kappa shape index (κ2) is 7.36. The molecule has 5 heteroatoms. The molecule has 0 saturated heterocycles. The minimum Gasteiger partial charge on any atom is -0.392 e. The Kier molecular flexibility index (Phi) is 5.49. The first-order valence-electron chi connectivity index (χ1n) is 7.14. The molecule has 0 aliphatic heterocycles. The number of carbonyl (C=O) groups excluding carboxylic acids is 1. The minimum absolute atomic E-state index is 0.0527. The van der Waals surface area contributed by atoms with Crippen LogP contribution in [0.2, 0.25) is 0 Å². The van der Waals surface area contributed by atoms with Gasteiger partial charge in [0.1, 0.15) is 6.61 Å². The van der Waals surface area contributed by atoms with Crippen molar-refractivity contribution >= 4 is 11.6 Å². The number of amides is 1. The number of hydrogen-bond donors (Lipinski definition) is 2. The van der Waals surface area contributed by atoms with Gasteiger partial charge in [-0.1, -0.05) is 19.8 Å². The Bertz CT molecular complexity index is 450. The number of aliphatic hydroxyl groups excluding tert-OH is 1. The Morgan fingerprint density at radius 1 is 1.55 bits per heavy atom. The summed E-state index contributed by atoms with van der Waals surface area (Å²) in [4.78, 5) is 15.8. The van der Waals surface area contributed by atoms with Gasteiger partial charge in [-0.05, 0) is 24.8 Å². The van der Waals surface area contributed by atoms with E-state index in [-0.39, 0.29) is 25.2 Å². The van der Waals surface area contributed by atoms with Crippen LogP contribution in [0.4, 0.5) is 5.69 Å². The summed E-state index contributed by atoms with van der Waals surface area (Å²) in [6.45, 7) is 2.15. The van der Waals surface area contributed by atoms with Gasteiger partial charge in [-0.25, -0.2) is 0 Å². The highest BCUT2D eigenvalue weighted by molar-refractivity contribution is 5.92. The molecule has 1 heterocycles. The number of rotatable bonds is 5. The Morgan fingerprint density at radius 2 is 2.40 bits per heavy atom. The highest BCUT2D eigenvalue weighted by Gasteiger charge is 2.20. The summed E-state index contributed by atoms with van der Waals surface area (Å²) in [5.74, 6) is 0.474. The van der Waals surface area contributed by atoms with Crippen molar-refractivity contribution in [2.24, 2.45) is 5.92 Å². The van der Waals surface area contributed by atoms with Gasteiger partial charge in [0.2, 0.25) is 5.91 Å². The fourth-order valence-electron chi connectivity index (χ4n) is 2.58. The average Bonchev–Trinajstić information content (AvgIpc) is 2.46. The number of anilines is 1. The van der Waals surface area contributed by atoms with E-state index in [0.29, 0.717) is 17.2 Å². The molecule has 110 valence electrons. The van der Waals surface area contributed by atoms with Crippen molar-refractivity contribution < 1.29 is 14.6 Å². The number of ether oxygens (including phenoxy) is 1. The summed E-state index contributed by atoms with van der Waals surface area (Å²) in [6.07, 6.45) is 7.80. The van der Waals surface area contributed by atoms with Gasteiger partial charge in [0.15, 0.2) is 0 Å². The Morgan fingerprint density at radius 3 is 3.15 bits per heavy atom. The molecule has 0 radical (unpaired) electrons. The predicted molar refractivity (Wildman–Crippen MR) is 76.2 cm³/mol. The first-order chi connectivity index (χ1) is 9.69. The third-order valence-corrected chi connectivity index (χ3v) is 3.69. The molecule has 1 saturated carbocycles. The molecule has 1 aliphatic rings. The molecule has 0 spiro atoms. The molecule has 2 atom stereocenters. The monoisotopic (exact) mass is 278 g/mol. The smallest absolute Gasteiger partial charge is 0.250 e. The molecule has 1 aromatic rings. The summed E-state index contributed by atoms with van der Waals surface area (Å²) in [5, 5.41) is 11.9. The summed E-state index contributed by atoms with van der Waals surface area (Å²) in [7, 11) is 0. The quantitative estimate of drug-likeness (QED) is 0.865. The van der Waals surface area contributed by atoms with E-state index in [2.05, 4.69) is 17.2 Å². The highest BCUT2D eigenvalue weighted by atomic mass is 16.5. The molecule has 2 N–H and O–H groups in total. The maximum atomic E-state index is 11.9. The molecule has 1 fully saturated rings. The van der Waals surface area contributed by atoms with Crippen LogP contribution in [0.3, 0.4) is 0 Å². The Hall–Kier alpha value is -1.46. The van der Waals surface area contributed by atoms with E-state index in [1.807, 2.05) is 0 Å². The van der Waals surface area contributed by atoms with Crippen LogP contribution < -0.4 is 5.32 Å². The second-order valence-electron chi connectivity index (χ2n) is 5.44. The largest absolute Gasteiger partial charge is 0.392 e. The summed E-state index contributed by atoms with van der Waals surface area (Å²) in [5.41, 5.74) is 1.19. The average molecular weight is 278 g/mol. The lowest BCUT2D eigenvalue weighted by atomic mass is 9.89. The van der Waals surface area contributed by atoms with Gasteiger partial charge < -0.3 is 15.2 Å². The lowest BCUT2D eigenvalue weighted by Crippen LogP contribution is -2.27. The zero-order chi connectivity index (χ0) is 14.4. The fourth-order valence-corrected chi connectivity index (χ4v) is 2.58. The number of aromatic nitrogens is 1. The van der Waals surface area contributed by atoms with Crippen LogP contribution in [0, 0.1) is 5.92 Å². The van der Waals surface area contributed by atoms with Crippen LogP contribution in [-0.2, 0) is 16.1 Å². The molecule has 1 aliphatic carbocycles. The van der Waals surface area contributed by atoms with Gasteiger partial charge in [0.05, 0.1) is 24.6 Å². The molecule has 2 rings (SSSR count). The van der Waals surface area contributed by atoms with E-state index in [1.165, 1.54) is 19.0 Å². The zero-order valence-electron chi connectivity index (χ0n) is 11.8. The molecule has 20 heavy (non-hydrogen) atoms. The maximum Gasteiger partial charge on any atom is 0.250 e. The molecular weight excluding hydrogens is 256 g/mol. The number of nitrogens with zero attached hydrogens (tertiary/aromatic N) is 1. The Labute approximate surface area is 119 Å². The van der Waals surface area contributed by atoms with Gasteiger partial charge in [0.25, 0.3) is 0 Å². The molecular formula is C15H22N2O3. The first-order valence-corrected chi connectivity index (χ1v) is 7.14. The number of pyridine rings is 1. The number of nitrogens with one attached hydrogen (secondary N) is 1. The van der Waals surface area contributed by atoms with E-state index in [4.69, 9.17) is 4.74 Å². The number of aliphatic hydroxyl groups is 1. The van der Waals surface area contributed by atoms with Gasteiger partial charge in [-0.2, -0.15) is 0 Å². The maximum absolute atomic E-state index is 11.9. The van der Waals surface area contributed by atoms with E-state index in [1.54, 1.807) is 12.3 Å². The van der Waals surface area contributed by atoms with Crippen molar-refractivity contribution in [3.05, 3.63) is 24.0 Å².